The van der Waals surface area contributed by atoms with Crippen LogP contribution in [0.25, 0.3) is 0 Å². The Balaban J connectivity index is 3.10. The molecule has 0 aliphatic heterocycles. The number of carboxylic acids is 1. The van der Waals surface area contributed by atoms with Crippen molar-refractivity contribution in [3.63, 3.8) is 0 Å². The highest BCUT2D eigenvalue weighted by Gasteiger charge is 2.19. The van der Waals surface area contributed by atoms with Crippen LogP contribution in [0.15, 0.2) is 18.2 Å². The molecule has 1 unspecified atom stereocenters. The molecule has 6 nitrogen and oxygen atoms in total. The quantitative estimate of drug-likeness (QED) is 0.547. The molecule has 0 aliphatic carbocycles. The maximum atomic E-state index is 11.4. The van der Waals surface area contributed by atoms with Crippen molar-refractivity contribution in [1.82, 2.24) is 5.32 Å². The fourth-order valence-electron chi connectivity index (χ4n) is 1.77. The van der Waals surface area contributed by atoms with E-state index in [1.165, 1.54) is 6.92 Å². The van der Waals surface area contributed by atoms with Crippen molar-refractivity contribution in [2.45, 2.75) is 26.3 Å². The number of hydrogen-bond acceptors (Lipinski definition) is 4. The topological polar surface area (TPSA) is 92.7 Å². The van der Waals surface area contributed by atoms with Crippen LogP contribution < -0.4 is 10.1 Å². The second-order valence-corrected chi connectivity index (χ2v) is 4.19. The second-order valence-electron chi connectivity index (χ2n) is 4.19. The number of carbonyl (C=O) groups is 3. The number of amides is 1. The van der Waals surface area contributed by atoms with Gasteiger partial charge in [0.2, 0.25) is 6.41 Å². The standard InChI is InChI=1S/C14H17NO5/c1-3-20-13-5-4-10(9(2)17)6-11(13)7-12(14(18)19)15-8-16/h4-6,8,12H,3,7H2,1-2H3,(H,15,16)(H,18,19). The molecule has 6 heteroatoms. The van der Waals surface area contributed by atoms with Gasteiger partial charge in [0.15, 0.2) is 5.78 Å². The SMILES string of the molecule is CCOc1ccc(C(C)=O)cc1CC(NC=O)C(=O)O. The number of Topliss-reactive ketones (excluding diaryl/α,β-unsaturated/α-hetero) is 1. The van der Waals surface area contributed by atoms with Gasteiger partial charge in [-0.15, -0.1) is 0 Å². The summed E-state index contributed by atoms with van der Waals surface area (Å²) in [5.74, 6) is -0.756. The number of carbonyl (C=O) groups excluding carboxylic acids is 2. The van der Waals surface area contributed by atoms with E-state index in [0.29, 0.717) is 29.9 Å². The Morgan fingerprint density at radius 1 is 1.45 bits per heavy atom. The van der Waals surface area contributed by atoms with E-state index in [9.17, 15) is 14.4 Å². The van der Waals surface area contributed by atoms with E-state index in [1.807, 2.05) is 0 Å². The monoisotopic (exact) mass is 279 g/mol. The molecule has 2 N–H and O–H groups in total. The summed E-state index contributed by atoms with van der Waals surface area (Å²) in [6, 6.07) is 3.79. The number of hydrogen-bond donors (Lipinski definition) is 2. The normalized spacial score (nSPS) is 11.5. The van der Waals surface area contributed by atoms with E-state index < -0.39 is 12.0 Å². The Bertz CT molecular complexity index is 512. The summed E-state index contributed by atoms with van der Waals surface area (Å²) in [5.41, 5.74) is 1.04. The molecule has 0 fully saturated rings. The summed E-state index contributed by atoms with van der Waals surface area (Å²) in [6.45, 7) is 3.66. The number of rotatable bonds is 8. The van der Waals surface area contributed by atoms with Gasteiger partial charge in [0.1, 0.15) is 11.8 Å². The predicted molar refractivity (Wildman–Crippen MR) is 71.9 cm³/mol. The number of ether oxygens (including phenoxy) is 1. The van der Waals surface area contributed by atoms with Crippen LogP contribution in [0.5, 0.6) is 5.75 Å². The number of aliphatic carboxylic acids is 1. The lowest BCUT2D eigenvalue weighted by Crippen LogP contribution is -2.37. The van der Waals surface area contributed by atoms with Gasteiger partial charge in [-0.3, -0.25) is 9.59 Å². The minimum Gasteiger partial charge on any atom is -0.494 e. The van der Waals surface area contributed by atoms with Crippen molar-refractivity contribution in [3.8, 4) is 5.75 Å². The molecule has 0 spiro atoms. The van der Waals surface area contributed by atoms with Crippen molar-refractivity contribution in [1.29, 1.82) is 0 Å². The summed E-state index contributed by atoms with van der Waals surface area (Å²) in [4.78, 5) is 32.9. The number of carboxylic acid groups (broad SMARTS) is 1. The Labute approximate surface area is 116 Å². The maximum absolute atomic E-state index is 11.4. The number of nitrogens with one attached hydrogen (secondary N) is 1. The van der Waals surface area contributed by atoms with Crippen LogP contribution in [0.3, 0.4) is 0 Å². The van der Waals surface area contributed by atoms with E-state index in [0.717, 1.165) is 0 Å². The van der Waals surface area contributed by atoms with Crippen molar-refractivity contribution in [2.75, 3.05) is 6.61 Å². The predicted octanol–water partition coefficient (Wildman–Crippen LogP) is 1.03. The van der Waals surface area contributed by atoms with Gasteiger partial charge >= 0.3 is 5.97 Å². The number of ketones is 1. The molecule has 0 saturated carbocycles. The third-order valence-electron chi connectivity index (χ3n) is 2.76. The van der Waals surface area contributed by atoms with Crippen molar-refractivity contribution in [3.05, 3.63) is 29.3 Å². The third-order valence-corrected chi connectivity index (χ3v) is 2.76. The van der Waals surface area contributed by atoms with Gasteiger partial charge in [-0.2, -0.15) is 0 Å². The zero-order chi connectivity index (χ0) is 15.1. The lowest BCUT2D eigenvalue weighted by atomic mass is 10.0. The zero-order valence-corrected chi connectivity index (χ0v) is 11.4. The van der Waals surface area contributed by atoms with Crippen LogP contribution >= 0.6 is 0 Å². The van der Waals surface area contributed by atoms with Crippen LogP contribution in [0.4, 0.5) is 0 Å². The third kappa shape index (κ3) is 4.08. The summed E-state index contributed by atoms with van der Waals surface area (Å²) < 4.78 is 5.41. The summed E-state index contributed by atoms with van der Waals surface area (Å²) in [6.07, 6.45) is 0.387. The van der Waals surface area contributed by atoms with E-state index >= 15 is 0 Å². The van der Waals surface area contributed by atoms with Gasteiger partial charge in [0.05, 0.1) is 6.61 Å². The largest absolute Gasteiger partial charge is 0.494 e. The fraction of sp³-hybridized carbons (Fsp3) is 0.357. The highest BCUT2D eigenvalue weighted by molar-refractivity contribution is 5.94. The minimum absolute atomic E-state index is 0.0462. The molecule has 1 aromatic rings. The van der Waals surface area contributed by atoms with Crippen molar-refractivity contribution in [2.24, 2.45) is 0 Å². The van der Waals surface area contributed by atoms with Gasteiger partial charge < -0.3 is 15.2 Å². The van der Waals surface area contributed by atoms with Crippen LogP contribution in [-0.4, -0.2) is 35.9 Å². The smallest absolute Gasteiger partial charge is 0.326 e. The van der Waals surface area contributed by atoms with Gasteiger partial charge in [-0.05, 0) is 37.6 Å². The molecule has 0 aliphatic rings. The molecule has 0 aromatic heterocycles. The second kappa shape index (κ2) is 7.28. The van der Waals surface area contributed by atoms with Gasteiger partial charge in [-0.25, -0.2) is 4.79 Å². The molecular weight excluding hydrogens is 262 g/mol. The van der Waals surface area contributed by atoms with Crippen molar-refractivity contribution < 1.29 is 24.2 Å². The fourth-order valence-corrected chi connectivity index (χ4v) is 1.77. The van der Waals surface area contributed by atoms with Crippen LogP contribution in [0.2, 0.25) is 0 Å². The van der Waals surface area contributed by atoms with Crippen molar-refractivity contribution >= 4 is 18.2 Å². The molecule has 0 saturated heterocycles. The zero-order valence-electron chi connectivity index (χ0n) is 11.4. The molecule has 1 rings (SSSR count). The molecule has 0 bridgehead atoms. The Kier molecular flexibility index (Phi) is 5.71. The Hall–Kier alpha value is -2.37. The molecule has 1 amide bonds. The van der Waals surface area contributed by atoms with E-state index in [2.05, 4.69) is 5.32 Å². The molecule has 108 valence electrons. The summed E-state index contributed by atoms with van der Waals surface area (Å²) >= 11 is 0. The molecule has 1 aromatic carbocycles. The first-order chi connectivity index (χ1) is 9.49. The average Bonchev–Trinajstić information content (AvgIpc) is 2.39. The maximum Gasteiger partial charge on any atom is 0.326 e. The van der Waals surface area contributed by atoms with E-state index in [4.69, 9.17) is 9.84 Å². The highest BCUT2D eigenvalue weighted by atomic mass is 16.5. The minimum atomic E-state index is -1.15. The van der Waals surface area contributed by atoms with Crippen LogP contribution in [-0.2, 0) is 16.0 Å². The van der Waals surface area contributed by atoms with Gasteiger partial charge in [0, 0.05) is 12.0 Å². The first-order valence-electron chi connectivity index (χ1n) is 6.18. The Morgan fingerprint density at radius 3 is 2.65 bits per heavy atom. The first-order valence-corrected chi connectivity index (χ1v) is 6.18. The lowest BCUT2D eigenvalue weighted by Gasteiger charge is -2.15. The molecule has 1 atom stereocenters. The highest BCUT2D eigenvalue weighted by Crippen LogP contribution is 2.22. The first kappa shape index (κ1) is 15.7. The van der Waals surface area contributed by atoms with E-state index in [1.54, 1.807) is 25.1 Å². The summed E-state index contributed by atoms with van der Waals surface area (Å²) in [7, 11) is 0. The molecule has 20 heavy (non-hydrogen) atoms. The van der Waals surface area contributed by atoms with Gasteiger partial charge in [-0.1, -0.05) is 0 Å². The van der Waals surface area contributed by atoms with Crippen LogP contribution in [0.1, 0.15) is 29.8 Å². The molecule has 0 heterocycles. The van der Waals surface area contributed by atoms with E-state index in [-0.39, 0.29) is 12.2 Å². The Morgan fingerprint density at radius 2 is 2.15 bits per heavy atom. The average molecular weight is 279 g/mol. The molecular formula is C14H17NO5. The van der Waals surface area contributed by atoms with Crippen LogP contribution in [0, 0.1) is 0 Å². The summed E-state index contributed by atoms with van der Waals surface area (Å²) in [5, 5.41) is 11.3. The van der Waals surface area contributed by atoms with Gasteiger partial charge in [0.25, 0.3) is 0 Å². The lowest BCUT2D eigenvalue weighted by molar-refractivity contribution is -0.140. The number of benzene rings is 1. The molecule has 0 radical (unpaired) electrons.